The Labute approximate surface area is 174 Å². The van der Waals surface area contributed by atoms with Crippen LogP contribution in [0.1, 0.15) is 78.2 Å². The molecule has 1 aliphatic carbocycles. The molecule has 3 fully saturated rings. The van der Waals surface area contributed by atoms with Crippen molar-refractivity contribution in [3.8, 4) is 0 Å². The number of amides is 3. The number of benzene rings is 1. The highest BCUT2D eigenvalue weighted by Gasteiger charge is 2.61. The van der Waals surface area contributed by atoms with Gasteiger partial charge in [-0.1, -0.05) is 49.6 Å². The third-order valence-electron chi connectivity index (χ3n) is 7.25. The number of rotatable bonds is 3. The van der Waals surface area contributed by atoms with Crippen LogP contribution >= 0.6 is 0 Å². The maximum absolute atomic E-state index is 13.7. The Morgan fingerprint density at radius 1 is 0.931 bits per heavy atom. The van der Waals surface area contributed by atoms with E-state index < -0.39 is 5.54 Å². The van der Waals surface area contributed by atoms with Crippen molar-refractivity contribution in [1.82, 2.24) is 15.1 Å². The summed E-state index contributed by atoms with van der Waals surface area (Å²) in [6.45, 7) is 9.68. The molecule has 3 aliphatic rings. The number of hydrogen-bond donors (Lipinski definition) is 1. The summed E-state index contributed by atoms with van der Waals surface area (Å²) in [5, 5.41) is 3.17. The zero-order chi connectivity index (χ0) is 20.9. The predicted molar refractivity (Wildman–Crippen MR) is 114 cm³/mol. The van der Waals surface area contributed by atoms with Crippen LogP contribution in [0.15, 0.2) is 30.3 Å². The molecule has 1 aromatic carbocycles. The van der Waals surface area contributed by atoms with Gasteiger partial charge in [0.2, 0.25) is 0 Å². The van der Waals surface area contributed by atoms with Crippen LogP contribution in [-0.4, -0.2) is 44.4 Å². The summed E-state index contributed by atoms with van der Waals surface area (Å²) in [6.07, 6.45) is 6.60. The standard InChI is InChI=1S/C24H35N3O2/c1-22(2)16-24(17-23(3,4)26(22)15-18-11-7-5-8-12-18)20(28)27(21(29)25-24)19-13-9-6-10-14-19/h5,7-8,11-12,19H,6,9-10,13-17H2,1-4H3,(H,25,29). The molecule has 2 heterocycles. The second kappa shape index (κ2) is 7.12. The molecular formula is C24H35N3O2. The number of carbonyl (C=O) groups excluding carboxylic acids is 2. The van der Waals surface area contributed by atoms with Crippen molar-refractivity contribution in [2.24, 2.45) is 0 Å². The van der Waals surface area contributed by atoms with E-state index in [1.54, 1.807) is 4.90 Å². The Morgan fingerprint density at radius 2 is 1.52 bits per heavy atom. The van der Waals surface area contributed by atoms with Gasteiger partial charge < -0.3 is 5.32 Å². The molecule has 0 bridgehead atoms. The fourth-order valence-electron chi connectivity index (χ4n) is 6.30. The Balaban J connectivity index is 1.61. The number of piperidine rings is 1. The Hall–Kier alpha value is -1.88. The van der Waals surface area contributed by atoms with E-state index in [1.807, 2.05) is 6.07 Å². The van der Waals surface area contributed by atoms with Crippen molar-refractivity contribution < 1.29 is 9.59 Å². The third kappa shape index (κ3) is 3.58. The largest absolute Gasteiger partial charge is 0.325 e. The van der Waals surface area contributed by atoms with Gasteiger partial charge in [0, 0.05) is 23.7 Å². The zero-order valence-corrected chi connectivity index (χ0v) is 18.3. The highest BCUT2D eigenvalue weighted by Crippen LogP contribution is 2.47. The summed E-state index contributed by atoms with van der Waals surface area (Å²) in [5.74, 6) is 0.00918. The van der Waals surface area contributed by atoms with E-state index in [0.717, 1.165) is 32.2 Å². The summed E-state index contributed by atoms with van der Waals surface area (Å²) < 4.78 is 0. The number of urea groups is 1. The van der Waals surface area contributed by atoms with E-state index in [1.165, 1.54) is 12.0 Å². The lowest BCUT2D eigenvalue weighted by Crippen LogP contribution is -2.69. The first-order chi connectivity index (χ1) is 13.6. The quantitative estimate of drug-likeness (QED) is 0.766. The van der Waals surface area contributed by atoms with Crippen molar-refractivity contribution in [3.05, 3.63) is 35.9 Å². The molecule has 1 saturated carbocycles. The van der Waals surface area contributed by atoms with Crippen LogP contribution in [0.3, 0.4) is 0 Å². The number of nitrogens with one attached hydrogen (secondary N) is 1. The molecule has 1 aromatic rings. The maximum Gasteiger partial charge on any atom is 0.325 e. The summed E-state index contributed by atoms with van der Waals surface area (Å²) in [4.78, 5) is 30.7. The first-order valence-corrected chi connectivity index (χ1v) is 11.1. The molecule has 0 atom stereocenters. The van der Waals surface area contributed by atoms with E-state index in [-0.39, 0.29) is 29.1 Å². The van der Waals surface area contributed by atoms with Crippen LogP contribution in [0, 0.1) is 0 Å². The molecule has 2 saturated heterocycles. The van der Waals surface area contributed by atoms with E-state index in [4.69, 9.17) is 0 Å². The van der Waals surface area contributed by atoms with E-state index >= 15 is 0 Å². The van der Waals surface area contributed by atoms with Crippen LogP contribution in [0.5, 0.6) is 0 Å². The van der Waals surface area contributed by atoms with Gasteiger partial charge in [0.1, 0.15) is 5.54 Å². The first kappa shape index (κ1) is 20.4. The van der Waals surface area contributed by atoms with Gasteiger partial charge in [-0.3, -0.25) is 14.6 Å². The third-order valence-corrected chi connectivity index (χ3v) is 7.25. The zero-order valence-electron chi connectivity index (χ0n) is 18.3. The molecule has 4 rings (SSSR count). The van der Waals surface area contributed by atoms with E-state index in [9.17, 15) is 9.59 Å². The molecule has 0 radical (unpaired) electrons. The fourth-order valence-corrected chi connectivity index (χ4v) is 6.30. The minimum atomic E-state index is -0.783. The molecule has 29 heavy (non-hydrogen) atoms. The van der Waals surface area contributed by atoms with Crippen molar-refractivity contribution >= 4 is 11.9 Å². The van der Waals surface area contributed by atoms with Crippen LogP contribution in [0.25, 0.3) is 0 Å². The summed E-state index contributed by atoms with van der Waals surface area (Å²) in [6, 6.07) is 10.4. The van der Waals surface area contributed by atoms with Gasteiger partial charge in [-0.05, 0) is 58.9 Å². The molecular weight excluding hydrogens is 362 g/mol. The number of likely N-dealkylation sites (tertiary alicyclic amines) is 1. The summed E-state index contributed by atoms with van der Waals surface area (Å²) >= 11 is 0. The smallest absolute Gasteiger partial charge is 0.323 e. The molecule has 158 valence electrons. The average molecular weight is 398 g/mol. The van der Waals surface area contributed by atoms with Crippen molar-refractivity contribution in [2.75, 3.05) is 0 Å². The highest BCUT2D eigenvalue weighted by atomic mass is 16.2. The molecule has 5 heteroatoms. The fraction of sp³-hybridized carbons (Fsp3) is 0.667. The minimum absolute atomic E-state index is 0.00918. The second-order valence-electron chi connectivity index (χ2n) is 10.5. The van der Waals surface area contributed by atoms with Gasteiger partial charge in [-0.15, -0.1) is 0 Å². The molecule has 1 spiro atoms. The molecule has 1 N–H and O–H groups in total. The van der Waals surface area contributed by atoms with Crippen LogP contribution in [0.2, 0.25) is 0 Å². The number of imide groups is 1. The normalized spacial score (nSPS) is 26.7. The van der Waals surface area contributed by atoms with Crippen molar-refractivity contribution in [1.29, 1.82) is 0 Å². The van der Waals surface area contributed by atoms with Crippen molar-refractivity contribution in [3.63, 3.8) is 0 Å². The van der Waals surface area contributed by atoms with Gasteiger partial charge in [-0.25, -0.2) is 4.79 Å². The van der Waals surface area contributed by atoms with Crippen LogP contribution in [-0.2, 0) is 11.3 Å². The Kier molecular flexibility index (Phi) is 5.01. The number of nitrogens with zero attached hydrogens (tertiary/aromatic N) is 2. The number of hydrogen-bond acceptors (Lipinski definition) is 3. The SMILES string of the molecule is CC1(C)CC2(CC(C)(C)N1Cc1ccccc1)NC(=O)N(C1CCCCC1)C2=O. The lowest BCUT2D eigenvalue weighted by atomic mass is 9.68. The van der Waals surface area contributed by atoms with Crippen LogP contribution in [0.4, 0.5) is 4.79 Å². The van der Waals surface area contributed by atoms with E-state index in [2.05, 4.69) is 62.2 Å². The van der Waals surface area contributed by atoms with Crippen molar-refractivity contribution in [2.45, 2.75) is 102 Å². The number of carbonyl (C=O) groups is 2. The van der Waals surface area contributed by atoms with Gasteiger partial charge >= 0.3 is 6.03 Å². The Bertz CT molecular complexity index is 763. The van der Waals surface area contributed by atoms with Gasteiger partial charge in [-0.2, -0.15) is 0 Å². The predicted octanol–water partition coefficient (Wildman–Crippen LogP) is 4.46. The lowest BCUT2D eigenvalue weighted by molar-refractivity contribution is -0.143. The minimum Gasteiger partial charge on any atom is -0.323 e. The average Bonchev–Trinajstić information content (AvgIpc) is 2.88. The van der Waals surface area contributed by atoms with Crippen LogP contribution < -0.4 is 5.32 Å². The Morgan fingerprint density at radius 3 is 2.10 bits per heavy atom. The molecule has 5 nitrogen and oxygen atoms in total. The second-order valence-corrected chi connectivity index (χ2v) is 10.5. The summed E-state index contributed by atoms with van der Waals surface area (Å²) in [7, 11) is 0. The van der Waals surface area contributed by atoms with Gasteiger partial charge in [0.05, 0.1) is 0 Å². The molecule has 0 aromatic heterocycles. The summed E-state index contributed by atoms with van der Waals surface area (Å²) in [5.41, 5.74) is 0.0520. The van der Waals surface area contributed by atoms with Gasteiger partial charge in [0.15, 0.2) is 0 Å². The first-order valence-electron chi connectivity index (χ1n) is 11.1. The lowest BCUT2D eigenvalue weighted by Gasteiger charge is -2.57. The maximum atomic E-state index is 13.7. The molecule has 3 amide bonds. The highest BCUT2D eigenvalue weighted by molar-refractivity contribution is 6.07. The van der Waals surface area contributed by atoms with E-state index in [0.29, 0.717) is 12.8 Å². The molecule has 2 aliphatic heterocycles. The molecule has 0 unspecified atom stereocenters. The monoisotopic (exact) mass is 397 g/mol. The topological polar surface area (TPSA) is 52.7 Å². The van der Waals surface area contributed by atoms with Gasteiger partial charge in [0.25, 0.3) is 5.91 Å².